The average molecular weight is 535 g/mol. The monoisotopic (exact) mass is 533 g/mol. The van der Waals surface area contributed by atoms with E-state index in [4.69, 9.17) is 34.8 Å². The Morgan fingerprint density at radius 2 is 1.73 bits per heavy atom. The van der Waals surface area contributed by atoms with Crippen molar-refractivity contribution in [1.29, 1.82) is 0 Å². The number of carbonyl (C=O) groups is 2. The Hall–Kier alpha value is -2.00. The molecule has 2 aromatic rings. The van der Waals surface area contributed by atoms with E-state index >= 15 is 0 Å². The van der Waals surface area contributed by atoms with Crippen molar-refractivity contribution in [3.8, 4) is 0 Å². The van der Waals surface area contributed by atoms with Crippen LogP contribution in [0.5, 0.6) is 0 Å². The molecule has 2 aromatic carbocycles. The molecule has 0 aromatic heterocycles. The Morgan fingerprint density at radius 1 is 1.06 bits per heavy atom. The second kappa shape index (κ2) is 11.9. The van der Waals surface area contributed by atoms with Crippen molar-refractivity contribution in [2.24, 2.45) is 0 Å². The summed E-state index contributed by atoms with van der Waals surface area (Å²) < 4.78 is 26.0. The first-order valence-electron chi connectivity index (χ1n) is 10.2. The predicted molar refractivity (Wildman–Crippen MR) is 133 cm³/mol. The molecule has 7 nitrogen and oxygen atoms in total. The van der Waals surface area contributed by atoms with Crippen molar-refractivity contribution in [3.63, 3.8) is 0 Å². The maximum Gasteiger partial charge on any atom is 0.244 e. The minimum Gasteiger partial charge on any atom is -0.354 e. The van der Waals surface area contributed by atoms with Gasteiger partial charge in [0.2, 0.25) is 21.8 Å². The summed E-state index contributed by atoms with van der Waals surface area (Å²) in [5, 5.41) is 3.56. The highest BCUT2D eigenvalue weighted by atomic mass is 35.5. The van der Waals surface area contributed by atoms with Crippen LogP contribution >= 0.6 is 34.8 Å². The number of rotatable bonds is 10. The third-order valence-corrected chi connectivity index (χ3v) is 6.92. The van der Waals surface area contributed by atoms with Crippen LogP contribution in [-0.2, 0) is 26.2 Å². The number of carbonyl (C=O) groups excluding carboxylic acids is 2. The number of nitrogens with one attached hydrogen (secondary N) is 1. The lowest BCUT2D eigenvalue weighted by Crippen LogP contribution is -2.51. The van der Waals surface area contributed by atoms with Gasteiger partial charge < -0.3 is 10.2 Å². The fraction of sp³-hybridized carbons (Fsp3) is 0.364. The summed E-state index contributed by atoms with van der Waals surface area (Å²) in [7, 11) is -3.91. The first kappa shape index (κ1) is 27.2. The quantitative estimate of drug-likeness (QED) is 0.491. The summed E-state index contributed by atoms with van der Waals surface area (Å²) in [5.41, 5.74) is 0.690. The molecule has 180 valence electrons. The molecule has 1 atom stereocenters. The first-order valence-corrected chi connectivity index (χ1v) is 13.2. The molecule has 0 saturated carbocycles. The van der Waals surface area contributed by atoms with Crippen LogP contribution in [0, 0.1) is 0 Å². The number of nitrogens with zero attached hydrogens (tertiary/aromatic N) is 2. The average Bonchev–Trinajstić information content (AvgIpc) is 2.75. The van der Waals surface area contributed by atoms with Gasteiger partial charge in [0.05, 0.1) is 17.0 Å². The van der Waals surface area contributed by atoms with Crippen molar-refractivity contribution in [1.82, 2.24) is 10.2 Å². The number of sulfonamides is 1. The predicted octanol–water partition coefficient (Wildman–Crippen LogP) is 4.36. The van der Waals surface area contributed by atoms with Crippen LogP contribution in [0.3, 0.4) is 0 Å². The molecule has 33 heavy (non-hydrogen) atoms. The van der Waals surface area contributed by atoms with Crippen molar-refractivity contribution in [3.05, 3.63) is 63.1 Å². The van der Waals surface area contributed by atoms with E-state index < -0.39 is 28.5 Å². The molecule has 0 saturated heterocycles. The topological polar surface area (TPSA) is 86.8 Å². The lowest BCUT2D eigenvalue weighted by molar-refractivity contribution is -0.139. The third kappa shape index (κ3) is 7.50. The van der Waals surface area contributed by atoms with Crippen LogP contribution in [0.1, 0.15) is 25.8 Å². The molecule has 0 aliphatic heterocycles. The molecule has 0 bridgehead atoms. The molecule has 2 rings (SSSR count). The van der Waals surface area contributed by atoms with E-state index in [1.165, 1.54) is 23.1 Å². The molecule has 0 spiro atoms. The summed E-state index contributed by atoms with van der Waals surface area (Å²) in [6, 6.07) is 10.4. The summed E-state index contributed by atoms with van der Waals surface area (Å²) in [5.74, 6) is -0.959. The highest BCUT2D eigenvalue weighted by molar-refractivity contribution is 7.92. The summed E-state index contributed by atoms with van der Waals surface area (Å²) in [6.07, 6.45) is 1.69. The zero-order valence-corrected chi connectivity index (χ0v) is 21.6. The minimum absolute atomic E-state index is 0.0140. The molecular weight excluding hydrogens is 509 g/mol. The molecule has 0 radical (unpaired) electrons. The van der Waals surface area contributed by atoms with Crippen LogP contribution in [0.2, 0.25) is 15.1 Å². The first-order chi connectivity index (χ1) is 15.5. The molecule has 11 heteroatoms. The second-order valence-corrected chi connectivity index (χ2v) is 10.6. The Bertz CT molecular complexity index is 1110. The highest BCUT2D eigenvalue weighted by Gasteiger charge is 2.31. The van der Waals surface area contributed by atoms with Gasteiger partial charge in [0, 0.05) is 23.1 Å². The highest BCUT2D eigenvalue weighted by Crippen LogP contribution is 2.31. The maximum absolute atomic E-state index is 13.4. The zero-order chi connectivity index (χ0) is 24.8. The smallest absolute Gasteiger partial charge is 0.244 e. The number of amides is 2. The zero-order valence-electron chi connectivity index (χ0n) is 18.5. The third-order valence-electron chi connectivity index (χ3n) is 4.87. The normalized spacial score (nSPS) is 12.2. The molecule has 0 aliphatic rings. The lowest BCUT2D eigenvalue weighted by atomic mass is 10.1. The Labute approximate surface area is 209 Å². The number of halogens is 3. The SMILES string of the molecule is CCCNC(=O)[C@H](C)N(Cc1ccccc1Cl)C(=O)CN(c1cc(Cl)ccc1Cl)S(C)(=O)=O. The van der Waals surface area contributed by atoms with Gasteiger partial charge in [0.25, 0.3) is 0 Å². The van der Waals surface area contributed by atoms with Gasteiger partial charge >= 0.3 is 0 Å². The van der Waals surface area contributed by atoms with E-state index in [1.807, 2.05) is 6.92 Å². The molecule has 1 N–H and O–H groups in total. The van der Waals surface area contributed by atoms with Gasteiger partial charge in [-0.25, -0.2) is 8.42 Å². The number of benzene rings is 2. The molecule has 0 fully saturated rings. The van der Waals surface area contributed by atoms with Crippen molar-refractivity contribution in [2.45, 2.75) is 32.9 Å². The standard InChI is InChI=1S/C22H26Cl3N3O4S/c1-4-11-26-22(30)15(2)27(13-16-7-5-6-8-18(16)24)21(29)14-28(33(3,31)32)20-12-17(23)9-10-19(20)25/h5-10,12,15H,4,11,13-14H2,1-3H3,(H,26,30)/t15-/m0/s1. The van der Waals surface area contributed by atoms with E-state index in [0.717, 1.165) is 17.0 Å². The van der Waals surface area contributed by atoms with Crippen molar-refractivity contribution >= 4 is 62.3 Å². The van der Waals surface area contributed by atoms with Crippen LogP contribution in [0.15, 0.2) is 42.5 Å². The van der Waals surface area contributed by atoms with E-state index in [9.17, 15) is 18.0 Å². The van der Waals surface area contributed by atoms with E-state index in [1.54, 1.807) is 31.2 Å². The maximum atomic E-state index is 13.4. The van der Waals surface area contributed by atoms with Gasteiger partial charge in [-0.1, -0.05) is 59.9 Å². The Kier molecular flexibility index (Phi) is 9.84. The van der Waals surface area contributed by atoms with Gasteiger partial charge in [-0.2, -0.15) is 0 Å². The van der Waals surface area contributed by atoms with Crippen molar-refractivity contribution in [2.75, 3.05) is 23.7 Å². The summed E-state index contributed by atoms with van der Waals surface area (Å²) in [4.78, 5) is 27.4. The van der Waals surface area contributed by atoms with Gasteiger partial charge in [-0.3, -0.25) is 13.9 Å². The number of anilines is 1. The van der Waals surface area contributed by atoms with Gasteiger partial charge in [-0.15, -0.1) is 0 Å². The number of hydrogen-bond acceptors (Lipinski definition) is 4. The molecule has 2 amide bonds. The van der Waals surface area contributed by atoms with Crippen molar-refractivity contribution < 1.29 is 18.0 Å². The molecule has 0 heterocycles. The van der Waals surface area contributed by atoms with E-state index in [-0.39, 0.29) is 28.2 Å². The van der Waals surface area contributed by atoms with Crippen LogP contribution in [-0.4, -0.2) is 50.5 Å². The fourth-order valence-electron chi connectivity index (χ4n) is 3.06. The Morgan fingerprint density at radius 3 is 2.33 bits per heavy atom. The van der Waals surface area contributed by atoms with Gasteiger partial charge in [-0.05, 0) is 43.2 Å². The Balaban J connectivity index is 2.43. The molecule has 0 unspecified atom stereocenters. The lowest BCUT2D eigenvalue weighted by Gasteiger charge is -2.32. The van der Waals surface area contributed by atoms with Gasteiger partial charge in [0.1, 0.15) is 12.6 Å². The summed E-state index contributed by atoms with van der Waals surface area (Å²) >= 11 is 18.5. The number of hydrogen-bond donors (Lipinski definition) is 1. The van der Waals surface area contributed by atoms with Crippen LogP contribution in [0.4, 0.5) is 5.69 Å². The van der Waals surface area contributed by atoms with Crippen LogP contribution < -0.4 is 9.62 Å². The molecule has 0 aliphatic carbocycles. The molecular formula is C22H26Cl3N3O4S. The largest absolute Gasteiger partial charge is 0.354 e. The van der Waals surface area contributed by atoms with Gasteiger partial charge in [0.15, 0.2) is 0 Å². The second-order valence-electron chi connectivity index (χ2n) is 7.45. The van der Waals surface area contributed by atoms with E-state index in [0.29, 0.717) is 17.1 Å². The fourth-order valence-corrected chi connectivity index (χ4v) is 4.55. The summed E-state index contributed by atoms with van der Waals surface area (Å²) in [6.45, 7) is 3.38. The minimum atomic E-state index is -3.91. The van der Waals surface area contributed by atoms with E-state index in [2.05, 4.69) is 5.32 Å². The van der Waals surface area contributed by atoms with Crippen LogP contribution in [0.25, 0.3) is 0 Å².